The van der Waals surface area contributed by atoms with Gasteiger partial charge in [-0.3, -0.25) is 4.79 Å². The molecule has 0 aliphatic carbocycles. The first-order valence-electron chi connectivity index (χ1n) is 6.43. The van der Waals surface area contributed by atoms with Gasteiger partial charge in [0.1, 0.15) is 12.4 Å². The molecule has 0 saturated carbocycles. The fraction of sp³-hybridized carbons (Fsp3) is 0.125. The second-order valence-corrected chi connectivity index (χ2v) is 5.27. The van der Waals surface area contributed by atoms with Crippen LogP contribution in [0.15, 0.2) is 47.6 Å². The molecule has 22 heavy (non-hydrogen) atoms. The van der Waals surface area contributed by atoms with E-state index in [1.165, 1.54) is 30.5 Å². The van der Waals surface area contributed by atoms with E-state index in [-0.39, 0.29) is 24.6 Å². The SMILES string of the molecule is O=C(CC=NOCc1ccc(Cl)cc1Cl)c1ccc(F)cc1. The summed E-state index contributed by atoms with van der Waals surface area (Å²) in [4.78, 5) is 16.9. The molecule has 0 radical (unpaired) electrons. The summed E-state index contributed by atoms with van der Waals surface area (Å²) in [7, 11) is 0. The molecule has 2 aromatic rings. The number of carbonyl (C=O) groups is 1. The van der Waals surface area contributed by atoms with Crippen LogP contribution in [0.1, 0.15) is 22.3 Å². The summed E-state index contributed by atoms with van der Waals surface area (Å²) in [6, 6.07) is 10.4. The molecule has 2 rings (SSSR count). The van der Waals surface area contributed by atoms with Crippen molar-refractivity contribution >= 4 is 35.2 Å². The number of ketones is 1. The third kappa shape index (κ3) is 4.83. The topological polar surface area (TPSA) is 38.7 Å². The summed E-state index contributed by atoms with van der Waals surface area (Å²) in [5.41, 5.74) is 1.17. The maximum atomic E-state index is 12.7. The first-order chi connectivity index (χ1) is 10.6. The zero-order valence-electron chi connectivity index (χ0n) is 11.4. The Balaban J connectivity index is 1.80. The lowest BCUT2D eigenvalue weighted by atomic mass is 10.1. The van der Waals surface area contributed by atoms with E-state index in [0.717, 1.165) is 5.56 Å². The number of rotatable bonds is 6. The lowest BCUT2D eigenvalue weighted by Crippen LogP contribution is -2.00. The minimum Gasteiger partial charge on any atom is -0.391 e. The lowest BCUT2D eigenvalue weighted by Gasteiger charge is -2.03. The largest absolute Gasteiger partial charge is 0.391 e. The Kier molecular flexibility index (Phi) is 5.92. The monoisotopic (exact) mass is 339 g/mol. The first kappa shape index (κ1) is 16.5. The van der Waals surface area contributed by atoms with Crippen molar-refractivity contribution < 1.29 is 14.0 Å². The highest BCUT2D eigenvalue weighted by Crippen LogP contribution is 2.21. The van der Waals surface area contributed by atoms with Gasteiger partial charge in [0, 0.05) is 27.6 Å². The summed E-state index contributed by atoms with van der Waals surface area (Å²) in [5, 5.41) is 4.74. The van der Waals surface area contributed by atoms with Gasteiger partial charge in [-0.05, 0) is 36.4 Å². The Hall–Kier alpha value is -1.91. The molecule has 0 atom stereocenters. The average molecular weight is 340 g/mol. The van der Waals surface area contributed by atoms with Gasteiger partial charge >= 0.3 is 0 Å². The highest BCUT2D eigenvalue weighted by Gasteiger charge is 2.04. The summed E-state index contributed by atoms with van der Waals surface area (Å²) in [6.07, 6.45) is 1.43. The lowest BCUT2D eigenvalue weighted by molar-refractivity contribution is 0.0996. The second kappa shape index (κ2) is 7.92. The molecule has 6 heteroatoms. The van der Waals surface area contributed by atoms with Gasteiger partial charge in [-0.15, -0.1) is 0 Å². The van der Waals surface area contributed by atoms with Crippen LogP contribution >= 0.6 is 23.2 Å². The highest BCUT2D eigenvalue weighted by molar-refractivity contribution is 6.35. The van der Waals surface area contributed by atoms with Crippen molar-refractivity contribution in [3.8, 4) is 0 Å². The van der Waals surface area contributed by atoms with Crippen molar-refractivity contribution in [1.29, 1.82) is 0 Å². The first-order valence-corrected chi connectivity index (χ1v) is 7.18. The average Bonchev–Trinajstić information content (AvgIpc) is 2.49. The smallest absolute Gasteiger partial charge is 0.168 e. The van der Waals surface area contributed by atoms with Crippen LogP contribution in [-0.2, 0) is 11.4 Å². The molecule has 2 aromatic carbocycles. The maximum absolute atomic E-state index is 12.7. The van der Waals surface area contributed by atoms with E-state index in [4.69, 9.17) is 28.0 Å². The van der Waals surface area contributed by atoms with Gasteiger partial charge < -0.3 is 4.84 Å². The van der Waals surface area contributed by atoms with Crippen LogP contribution in [0.4, 0.5) is 4.39 Å². The third-order valence-corrected chi connectivity index (χ3v) is 3.41. The molecule has 0 amide bonds. The van der Waals surface area contributed by atoms with Crippen molar-refractivity contribution in [3.63, 3.8) is 0 Å². The molecule has 3 nitrogen and oxygen atoms in total. The Morgan fingerprint density at radius 1 is 1.18 bits per heavy atom. The molecule has 0 aromatic heterocycles. The summed E-state index contributed by atoms with van der Waals surface area (Å²) < 4.78 is 12.7. The van der Waals surface area contributed by atoms with E-state index in [0.29, 0.717) is 15.6 Å². The Morgan fingerprint density at radius 3 is 2.59 bits per heavy atom. The van der Waals surface area contributed by atoms with E-state index in [1.54, 1.807) is 18.2 Å². The predicted molar refractivity (Wildman–Crippen MR) is 85.1 cm³/mol. The predicted octanol–water partition coefficient (Wildman–Crippen LogP) is 4.91. The molecule has 0 saturated heterocycles. The number of hydrogen-bond donors (Lipinski definition) is 0. The number of halogens is 3. The molecule has 0 aliphatic heterocycles. The summed E-state index contributed by atoms with van der Waals surface area (Å²) in [6.45, 7) is 0.178. The fourth-order valence-electron chi connectivity index (χ4n) is 1.67. The van der Waals surface area contributed by atoms with Crippen molar-refractivity contribution in [2.45, 2.75) is 13.0 Å². The summed E-state index contributed by atoms with van der Waals surface area (Å²) >= 11 is 11.8. The third-order valence-electron chi connectivity index (χ3n) is 2.83. The molecule has 0 N–H and O–H groups in total. The van der Waals surface area contributed by atoms with Crippen LogP contribution in [-0.4, -0.2) is 12.0 Å². The quantitative estimate of drug-likeness (QED) is 0.426. The van der Waals surface area contributed by atoms with E-state index in [2.05, 4.69) is 5.16 Å². The summed E-state index contributed by atoms with van der Waals surface area (Å²) in [5.74, 6) is -0.551. The number of carbonyl (C=O) groups excluding carboxylic acids is 1. The molecule has 0 heterocycles. The van der Waals surface area contributed by atoms with Crippen LogP contribution in [0.5, 0.6) is 0 Å². The Bertz CT molecular complexity index is 687. The molecular weight excluding hydrogens is 328 g/mol. The van der Waals surface area contributed by atoms with Crippen molar-refractivity contribution in [3.05, 3.63) is 69.5 Å². The number of nitrogens with zero attached hydrogens (tertiary/aromatic N) is 1. The molecule has 0 spiro atoms. The number of Topliss-reactive ketones (excluding diaryl/α,β-unsaturated/α-hetero) is 1. The van der Waals surface area contributed by atoms with Gasteiger partial charge in [0.25, 0.3) is 0 Å². The minimum absolute atomic E-state index is 0.0694. The van der Waals surface area contributed by atoms with Crippen LogP contribution in [0.2, 0.25) is 10.0 Å². The Morgan fingerprint density at radius 2 is 1.91 bits per heavy atom. The maximum Gasteiger partial charge on any atom is 0.168 e. The second-order valence-electron chi connectivity index (χ2n) is 4.43. The van der Waals surface area contributed by atoms with Gasteiger partial charge in [-0.25, -0.2) is 4.39 Å². The van der Waals surface area contributed by atoms with Crippen molar-refractivity contribution in [2.24, 2.45) is 5.16 Å². The number of hydrogen-bond acceptors (Lipinski definition) is 3. The van der Waals surface area contributed by atoms with E-state index in [1.807, 2.05) is 0 Å². The van der Waals surface area contributed by atoms with Gasteiger partial charge in [0.05, 0.1) is 6.21 Å². The normalized spacial score (nSPS) is 10.9. The van der Waals surface area contributed by atoms with Crippen LogP contribution in [0, 0.1) is 5.82 Å². The molecule has 114 valence electrons. The zero-order chi connectivity index (χ0) is 15.9. The fourth-order valence-corrected chi connectivity index (χ4v) is 2.14. The van der Waals surface area contributed by atoms with Gasteiger partial charge in [0.15, 0.2) is 5.78 Å². The van der Waals surface area contributed by atoms with Crippen LogP contribution < -0.4 is 0 Å². The molecular formula is C16H12Cl2FNO2. The van der Waals surface area contributed by atoms with Gasteiger partial charge in [-0.1, -0.05) is 34.4 Å². The van der Waals surface area contributed by atoms with E-state index in [9.17, 15) is 9.18 Å². The Labute approximate surface area is 137 Å². The highest BCUT2D eigenvalue weighted by atomic mass is 35.5. The van der Waals surface area contributed by atoms with Crippen LogP contribution in [0.25, 0.3) is 0 Å². The standard InChI is InChI=1S/C16H12Cl2FNO2/c17-13-4-1-12(15(18)9-13)10-22-20-8-7-16(21)11-2-5-14(19)6-3-11/h1-6,8-9H,7,10H2. The van der Waals surface area contributed by atoms with E-state index < -0.39 is 0 Å². The van der Waals surface area contributed by atoms with E-state index >= 15 is 0 Å². The number of benzene rings is 2. The number of oxime groups is 1. The van der Waals surface area contributed by atoms with Gasteiger partial charge in [0.2, 0.25) is 0 Å². The minimum atomic E-state index is -0.381. The molecule has 0 bridgehead atoms. The zero-order valence-corrected chi connectivity index (χ0v) is 12.9. The molecule has 0 unspecified atom stereocenters. The van der Waals surface area contributed by atoms with Gasteiger partial charge in [-0.2, -0.15) is 0 Å². The van der Waals surface area contributed by atoms with Crippen molar-refractivity contribution in [2.75, 3.05) is 0 Å². The molecule has 0 aliphatic rings. The van der Waals surface area contributed by atoms with Crippen LogP contribution in [0.3, 0.4) is 0 Å². The van der Waals surface area contributed by atoms with Crippen molar-refractivity contribution in [1.82, 2.24) is 0 Å². The molecule has 0 fully saturated rings.